The minimum absolute atomic E-state index is 0.0922. The van der Waals surface area contributed by atoms with Crippen molar-refractivity contribution in [2.75, 3.05) is 0 Å². The zero-order valence-electron chi connectivity index (χ0n) is 16.6. The van der Waals surface area contributed by atoms with E-state index in [1.165, 1.54) is 13.2 Å². The number of furan rings is 1. The Labute approximate surface area is 172 Å². The summed E-state index contributed by atoms with van der Waals surface area (Å²) in [6.45, 7) is 3.54. The summed E-state index contributed by atoms with van der Waals surface area (Å²) in [4.78, 5) is 25.5. The first-order valence-corrected chi connectivity index (χ1v) is 9.51. The van der Waals surface area contributed by atoms with E-state index in [9.17, 15) is 9.59 Å². The molecule has 0 saturated carbocycles. The first-order chi connectivity index (χ1) is 14.5. The van der Waals surface area contributed by atoms with Crippen molar-refractivity contribution in [1.82, 2.24) is 0 Å². The van der Waals surface area contributed by atoms with E-state index in [0.717, 1.165) is 11.1 Å². The number of hydrogen-bond donors (Lipinski definition) is 0. The predicted molar refractivity (Wildman–Crippen MR) is 111 cm³/mol. The average Bonchev–Trinajstić information content (AvgIpc) is 3.29. The van der Waals surface area contributed by atoms with Crippen LogP contribution in [0.2, 0.25) is 0 Å². The van der Waals surface area contributed by atoms with Crippen LogP contribution in [0.1, 0.15) is 18.1 Å². The molecule has 0 aliphatic carbocycles. The molecule has 0 aliphatic rings. The summed E-state index contributed by atoms with van der Waals surface area (Å²) in [7, 11) is 0. The van der Waals surface area contributed by atoms with Crippen LogP contribution in [0.15, 0.2) is 80.6 Å². The molecule has 4 rings (SSSR count). The van der Waals surface area contributed by atoms with Gasteiger partial charge in [-0.1, -0.05) is 36.4 Å². The summed E-state index contributed by atoms with van der Waals surface area (Å²) < 4.78 is 22.4. The van der Waals surface area contributed by atoms with Crippen LogP contribution in [-0.4, -0.2) is 12.1 Å². The number of carbonyl (C=O) groups excluding carboxylic acids is 1. The Morgan fingerprint density at radius 1 is 1.07 bits per heavy atom. The molecule has 152 valence electrons. The summed E-state index contributed by atoms with van der Waals surface area (Å²) in [6.07, 6.45) is 0.449. The number of benzene rings is 2. The molecule has 0 N–H and O–H groups in total. The smallest absolute Gasteiger partial charge is 0.347 e. The van der Waals surface area contributed by atoms with E-state index in [1.807, 2.05) is 43.3 Å². The normalized spacial score (nSPS) is 11.9. The van der Waals surface area contributed by atoms with Crippen LogP contribution in [0.4, 0.5) is 0 Å². The van der Waals surface area contributed by atoms with Crippen LogP contribution in [-0.2, 0) is 16.1 Å². The molecule has 30 heavy (non-hydrogen) atoms. The lowest BCUT2D eigenvalue weighted by Gasteiger charge is -2.15. The maximum atomic E-state index is 13.1. The molecular formula is C24H20O6. The molecule has 4 aromatic rings. The predicted octanol–water partition coefficient (Wildman–Crippen LogP) is 4.87. The topological polar surface area (TPSA) is 78.9 Å². The molecule has 0 fully saturated rings. The van der Waals surface area contributed by atoms with Gasteiger partial charge < -0.3 is 18.3 Å². The largest absolute Gasteiger partial charge is 0.471 e. The molecule has 1 atom stereocenters. The number of hydrogen-bond acceptors (Lipinski definition) is 6. The van der Waals surface area contributed by atoms with E-state index in [1.54, 1.807) is 24.3 Å². The Balaban J connectivity index is 1.64. The second-order valence-corrected chi connectivity index (χ2v) is 6.92. The molecule has 0 saturated heterocycles. The minimum atomic E-state index is -1.02. The van der Waals surface area contributed by atoms with Gasteiger partial charge in [0.15, 0.2) is 11.9 Å². The van der Waals surface area contributed by atoms with Crippen LogP contribution >= 0.6 is 0 Å². The van der Waals surface area contributed by atoms with Gasteiger partial charge in [-0.25, -0.2) is 4.79 Å². The first-order valence-electron chi connectivity index (χ1n) is 9.51. The van der Waals surface area contributed by atoms with E-state index in [-0.39, 0.29) is 23.5 Å². The van der Waals surface area contributed by atoms with Crippen molar-refractivity contribution in [3.63, 3.8) is 0 Å². The Morgan fingerprint density at radius 3 is 2.60 bits per heavy atom. The highest BCUT2D eigenvalue weighted by Crippen LogP contribution is 2.32. The van der Waals surface area contributed by atoms with E-state index in [2.05, 4.69) is 0 Å². The average molecular weight is 404 g/mol. The van der Waals surface area contributed by atoms with E-state index in [4.69, 9.17) is 18.3 Å². The minimum Gasteiger partial charge on any atom is -0.471 e. The quantitative estimate of drug-likeness (QED) is 0.427. The molecular weight excluding hydrogens is 384 g/mol. The van der Waals surface area contributed by atoms with Crippen molar-refractivity contribution >= 4 is 16.9 Å². The number of fused-ring (bicyclic) bond motifs is 1. The van der Waals surface area contributed by atoms with Crippen molar-refractivity contribution in [2.24, 2.45) is 0 Å². The highest BCUT2D eigenvalue weighted by atomic mass is 16.6. The van der Waals surface area contributed by atoms with Gasteiger partial charge in [0.25, 0.3) is 0 Å². The summed E-state index contributed by atoms with van der Waals surface area (Å²) in [5.74, 6) is -0.223. The molecule has 2 aromatic heterocycles. The molecule has 6 heteroatoms. The fraction of sp³-hybridized carbons (Fsp3) is 0.167. The van der Waals surface area contributed by atoms with Crippen molar-refractivity contribution in [3.05, 3.63) is 88.3 Å². The van der Waals surface area contributed by atoms with Gasteiger partial charge in [0.05, 0.1) is 11.6 Å². The third kappa shape index (κ3) is 3.98. The number of rotatable bonds is 6. The van der Waals surface area contributed by atoms with Crippen LogP contribution < -0.4 is 10.2 Å². The molecule has 0 bridgehead atoms. The molecule has 0 radical (unpaired) electrons. The van der Waals surface area contributed by atoms with Gasteiger partial charge in [-0.15, -0.1) is 0 Å². The van der Waals surface area contributed by atoms with Gasteiger partial charge in [0, 0.05) is 0 Å². The van der Waals surface area contributed by atoms with Crippen molar-refractivity contribution in [2.45, 2.75) is 26.6 Å². The van der Waals surface area contributed by atoms with Crippen molar-refractivity contribution in [3.8, 4) is 17.3 Å². The monoisotopic (exact) mass is 404 g/mol. The van der Waals surface area contributed by atoms with E-state index >= 15 is 0 Å². The molecule has 0 spiro atoms. The molecule has 0 amide bonds. The molecule has 2 heterocycles. The van der Waals surface area contributed by atoms with Crippen LogP contribution in [0.5, 0.6) is 5.75 Å². The SMILES string of the molecule is Cc1ccc2c(=O)c(O[C@@H](C)C(=O)OCc3ccccc3)c(-c3ccco3)oc2c1. The van der Waals surface area contributed by atoms with Crippen LogP contribution in [0.25, 0.3) is 22.5 Å². The lowest BCUT2D eigenvalue weighted by atomic mass is 10.1. The lowest BCUT2D eigenvalue weighted by Crippen LogP contribution is -2.28. The summed E-state index contributed by atoms with van der Waals surface area (Å²) in [5.41, 5.74) is 1.83. The molecule has 0 aliphatic heterocycles. The van der Waals surface area contributed by atoms with Crippen LogP contribution in [0, 0.1) is 6.92 Å². The van der Waals surface area contributed by atoms with Gasteiger partial charge in [-0.2, -0.15) is 0 Å². The standard InChI is InChI=1S/C24H20O6/c1-15-10-11-18-20(13-15)30-22(19-9-6-12-27-19)23(21(18)25)29-16(2)24(26)28-14-17-7-4-3-5-8-17/h3-13,16H,14H2,1-2H3/t16-/m0/s1. The van der Waals surface area contributed by atoms with Crippen molar-refractivity contribution in [1.29, 1.82) is 0 Å². The molecule has 2 aromatic carbocycles. The van der Waals surface area contributed by atoms with E-state index < -0.39 is 12.1 Å². The third-order valence-electron chi connectivity index (χ3n) is 4.60. The highest BCUT2D eigenvalue weighted by Gasteiger charge is 2.25. The fourth-order valence-electron chi connectivity index (χ4n) is 3.03. The first kappa shape index (κ1) is 19.5. The van der Waals surface area contributed by atoms with Crippen LogP contribution in [0.3, 0.4) is 0 Å². The Bertz CT molecular complexity index is 1220. The zero-order chi connectivity index (χ0) is 21.1. The van der Waals surface area contributed by atoms with Crippen molar-refractivity contribution < 1.29 is 23.1 Å². The highest BCUT2D eigenvalue weighted by molar-refractivity contribution is 5.82. The molecule has 0 unspecified atom stereocenters. The van der Waals surface area contributed by atoms with Gasteiger partial charge in [-0.3, -0.25) is 4.79 Å². The van der Waals surface area contributed by atoms with Gasteiger partial charge in [-0.05, 0) is 49.2 Å². The summed E-state index contributed by atoms with van der Waals surface area (Å²) >= 11 is 0. The zero-order valence-corrected chi connectivity index (χ0v) is 16.6. The van der Waals surface area contributed by atoms with E-state index in [0.29, 0.717) is 16.7 Å². The molecule has 6 nitrogen and oxygen atoms in total. The second-order valence-electron chi connectivity index (χ2n) is 6.92. The van der Waals surface area contributed by atoms with Gasteiger partial charge >= 0.3 is 5.97 Å². The summed E-state index contributed by atoms with van der Waals surface area (Å²) in [6, 6.07) is 17.9. The maximum Gasteiger partial charge on any atom is 0.347 e. The Hall–Kier alpha value is -3.80. The maximum absolute atomic E-state index is 13.1. The van der Waals surface area contributed by atoms with Gasteiger partial charge in [0.2, 0.25) is 16.9 Å². The number of aryl methyl sites for hydroxylation is 1. The summed E-state index contributed by atoms with van der Waals surface area (Å²) in [5, 5.41) is 0.357. The third-order valence-corrected chi connectivity index (χ3v) is 4.60. The Kier molecular flexibility index (Phi) is 5.39. The van der Waals surface area contributed by atoms with Gasteiger partial charge in [0.1, 0.15) is 12.2 Å². The second kappa shape index (κ2) is 8.29. The number of esters is 1. The lowest BCUT2D eigenvalue weighted by molar-refractivity contribution is -0.152. The fourth-order valence-corrected chi connectivity index (χ4v) is 3.03. The number of carbonyl (C=O) groups is 1. The Morgan fingerprint density at radius 2 is 1.87 bits per heavy atom. The number of ether oxygens (including phenoxy) is 2.